The standard InChI is InChI=1S/C24H34N8O7S/c25-14(11-40)20(35)31-17(9-19(33)34)22(37)30-16(6-3-7-28-24(26)27)21(36)32-18(23(38)39)8-12-10-29-15-5-2-1-4-13(12)15/h1-2,4-5,10,14,16-18,29,40H,3,6-9,11,25H2,(H,30,37)(H,31,35)(H,32,36)(H,33,34)(H,38,39)(H4,26,27,28). The maximum absolute atomic E-state index is 13.2. The minimum absolute atomic E-state index is 0.0301. The van der Waals surface area contributed by atoms with Crippen LogP contribution in [0, 0.1) is 0 Å². The molecule has 218 valence electrons. The summed E-state index contributed by atoms with van der Waals surface area (Å²) in [5.74, 6) is -5.56. The van der Waals surface area contributed by atoms with Gasteiger partial charge in [-0.05, 0) is 24.5 Å². The van der Waals surface area contributed by atoms with Gasteiger partial charge in [-0.1, -0.05) is 18.2 Å². The number of para-hydroxylation sites is 1. The highest BCUT2D eigenvalue weighted by Crippen LogP contribution is 2.19. The van der Waals surface area contributed by atoms with Crippen LogP contribution in [0.4, 0.5) is 0 Å². The van der Waals surface area contributed by atoms with Gasteiger partial charge in [0.25, 0.3) is 0 Å². The Kier molecular flexibility index (Phi) is 12.2. The van der Waals surface area contributed by atoms with Crippen molar-refractivity contribution < 1.29 is 34.2 Å². The summed E-state index contributed by atoms with van der Waals surface area (Å²) in [5.41, 5.74) is 17.7. The van der Waals surface area contributed by atoms with Crippen LogP contribution in [0.3, 0.4) is 0 Å². The molecule has 15 nitrogen and oxygen atoms in total. The molecular formula is C24H34N8O7S. The van der Waals surface area contributed by atoms with E-state index in [9.17, 15) is 34.2 Å². The number of carboxylic acids is 2. The van der Waals surface area contributed by atoms with Gasteiger partial charge in [-0.3, -0.25) is 24.2 Å². The smallest absolute Gasteiger partial charge is 0.326 e. The summed E-state index contributed by atoms with van der Waals surface area (Å²) < 4.78 is 0. The van der Waals surface area contributed by atoms with Crippen LogP contribution in [0.2, 0.25) is 0 Å². The Morgan fingerprint density at radius 1 is 0.950 bits per heavy atom. The lowest BCUT2D eigenvalue weighted by Crippen LogP contribution is -2.57. The highest BCUT2D eigenvalue weighted by atomic mass is 32.1. The largest absolute Gasteiger partial charge is 0.481 e. The zero-order valence-corrected chi connectivity index (χ0v) is 22.4. The third-order valence-electron chi connectivity index (χ3n) is 5.84. The van der Waals surface area contributed by atoms with E-state index in [1.54, 1.807) is 12.3 Å². The second-order valence-corrected chi connectivity index (χ2v) is 9.29. The molecule has 0 saturated carbocycles. The number of nitrogens with one attached hydrogen (secondary N) is 4. The number of H-pyrrole nitrogens is 1. The lowest BCUT2D eigenvalue weighted by Gasteiger charge is -2.24. The maximum Gasteiger partial charge on any atom is 0.326 e. The van der Waals surface area contributed by atoms with E-state index in [4.69, 9.17) is 17.2 Å². The molecule has 12 N–H and O–H groups in total. The number of hydrogen-bond donors (Lipinski definition) is 10. The molecule has 0 fully saturated rings. The summed E-state index contributed by atoms with van der Waals surface area (Å²) in [5, 5.41) is 26.9. The monoisotopic (exact) mass is 578 g/mol. The molecule has 1 heterocycles. The summed E-state index contributed by atoms with van der Waals surface area (Å²) in [6, 6.07) is 1.92. The first-order chi connectivity index (χ1) is 18.9. The number of rotatable bonds is 16. The summed E-state index contributed by atoms with van der Waals surface area (Å²) in [6.07, 6.45) is 0.973. The molecule has 0 bridgehead atoms. The van der Waals surface area contributed by atoms with Gasteiger partial charge < -0.3 is 48.3 Å². The van der Waals surface area contributed by atoms with Crippen molar-refractivity contribution in [3.63, 3.8) is 0 Å². The van der Waals surface area contributed by atoms with Gasteiger partial charge in [0.2, 0.25) is 17.7 Å². The van der Waals surface area contributed by atoms with Crippen LogP contribution in [-0.2, 0) is 30.4 Å². The highest BCUT2D eigenvalue weighted by Gasteiger charge is 2.31. The topological polar surface area (TPSA) is 268 Å². The number of aliphatic carboxylic acids is 2. The fourth-order valence-corrected chi connectivity index (χ4v) is 3.95. The molecule has 16 heteroatoms. The molecule has 0 aliphatic rings. The molecule has 3 amide bonds. The van der Waals surface area contributed by atoms with Gasteiger partial charge >= 0.3 is 11.9 Å². The van der Waals surface area contributed by atoms with Crippen molar-refractivity contribution in [1.82, 2.24) is 20.9 Å². The van der Waals surface area contributed by atoms with E-state index in [1.807, 2.05) is 18.2 Å². The molecule has 0 aliphatic carbocycles. The van der Waals surface area contributed by atoms with Gasteiger partial charge in [0.15, 0.2) is 5.96 Å². The number of carboxylic acid groups (broad SMARTS) is 2. The van der Waals surface area contributed by atoms with Crippen LogP contribution < -0.4 is 33.2 Å². The van der Waals surface area contributed by atoms with Gasteiger partial charge in [0.05, 0.1) is 12.5 Å². The first kappa shape index (κ1) is 31.9. The number of aromatic nitrogens is 1. The molecule has 0 spiro atoms. The maximum atomic E-state index is 13.2. The summed E-state index contributed by atoms with van der Waals surface area (Å²) in [4.78, 5) is 68.6. The number of aromatic amines is 1. The van der Waals surface area contributed by atoms with E-state index in [-0.39, 0.29) is 37.5 Å². The summed E-state index contributed by atoms with van der Waals surface area (Å²) in [7, 11) is 0. The predicted molar refractivity (Wildman–Crippen MR) is 149 cm³/mol. The number of hydrogen-bond acceptors (Lipinski definition) is 8. The Morgan fingerprint density at radius 3 is 2.20 bits per heavy atom. The molecule has 4 unspecified atom stereocenters. The normalized spacial score (nSPS) is 13.8. The van der Waals surface area contributed by atoms with E-state index >= 15 is 0 Å². The van der Waals surface area contributed by atoms with Crippen molar-refractivity contribution in [3.05, 3.63) is 36.0 Å². The zero-order chi connectivity index (χ0) is 29.8. The average molecular weight is 579 g/mol. The molecule has 0 aliphatic heterocycles. The Hall–Kier alpha value is -4.31. The van der Waals surface area contributed by atoms with Crippen molar-refractivity contribution >= 4 is 59.2 Å². The Morgan fingerprint density at radius 2 is 1.57 bits per heavy atom. The molecule has 0 radical (unpaired) electrons. The molecule has 0 saturated heterocycles. The zero-order valence-electron chi connectivity index (χ0n) is 21.5. The van der Waals surface area contributed by atoms with Crippen molar-refractivity contribution in [1.29, 1.82) is 0 Å². The third-order valence-corrected chi connectivity index (χ3v) is 6.23. The lowest BCUT2D eigenvalue weighted by atomic mass is 10.0. The van der Waals surface area contributed by atoms with Crippen molar-refractivity contribution in [2.24, 2.45) is 22.2 Å². The fourth-order valence-electron chi connectivity index (χ4n) is 3.78. The number of amides is 3. The van der Waals surface area contributed by atoms with Gasteiger partial charge in [-0.2, -0.15) is 12.6 Å². The number of carbonyl (C=O) groups excluding carboxylic acids is 3. The average Bonchev–Trinajstić information content (AvgIpc) is 3.31. The fraction of sp³-hybridized carbons (Fsp3) is 0.417. The summed E-state index contributed by atoms with van der Waals surface area (Å²) in [6.45, 7) is 0.103. The molecule has 1 aromatic heterocycles. The highest BCUT2D eigenvalue weighted by molar-refractivity contribution is 7.80. The van der Waals surface area contributed by atoms with Crippen LogP contribution in [0.25, 0.3) is 10.9 Å². The third kappa shape index (κ3) is 9.77. The van der Waals surface area contributed by atoms with Crippen molar-refractivity contribution in [3.8, 4) is 0 Å². The van der Waals surface area contributed by atoms with Crippen LogP contribution >= 0.6 is 12.6 Å². The molecule has 40 heavy (non-hydrogen) atoms. The molecule has 1 aromatic carbocycles. The number of guanidine groups is 1. The van der Waals surface area contributed by atoms with Crippen LogP contribution in [0.15, 0.2) is 35.5 Å². The summed E-state index contributed by atoms with van der Waals surface area (Å²) >= 11 is 3.91. The Labute approximate surface area is 234 Å². The number of carbonyl (C=O) groups is 5. The molecule has 2 rings (SSSR count). The number of nitrogens with zero attached hydrogens (tertiary/aromatic N) is 1. The number of benzene rings is 1. The molecule has 2 aromatic rings. The van der Waals surface area contributed by atoms with Crippen LogP contribution in [0.1, 0.15) is 24.8 Å². The Balaban J connectivity index is 2.23. The van der Waals surface area contributed by atoms with Gasteiger partial charge in [0.1, 0.15) is 18.1 Å². The van der Waals surface area contributed by atoms with Gasteiger partial charge in [0, 0.05) is 35.8 Å². The van der Waals surface area contributed by atoms with E-state index in [2.05, 4.69) is 38.6 Å². The number of thiol groups is 1. The SMILES string of the molecule is NC(N)=NCCCC(NC(=O)C(CC(=O)O)NC(=O)C(N)CS)C(=O)NC(Cc1c[nH]c2ccccc12)C(=O)O. The first-order valence-electron chi connectivity index (χ1n) is 12.3. The first-order valence-corrected chi connectivity index (χ1v) is 12.9. The van der Waals surface area contributed by atoms with Crippen LogP contribution in [0.5, 0.6) is 0 Å². The lowest BCUT2D eigenvalue weighted by molar-refractivity contribution is -0.143. The number of nitrogens with two attached hydrogens (primary N) is 3. The predicted octanol–water partition coefficient (Wildman–Crippen LogP) is -1.97. The van der Waals surface area contributed by atoms with E-state index < -0.39 is 60.2 Å². The van der Waals surface area contributed by atoms with Gasteiger partial charge in [-0.15, -0.1) is 0 Å². The van der Waals surface area contributed by atoms with Crippen molar-refractivity contribution in [2.75, 3.05) is 12.3 Å². The second-order valence-electron chi connectivity index (χ2n) is 8.92. The minimum atomic E-state index is -1.56. The second kappa shape index (κ2) is 15.3. The quantitative estimate of drug-likeness (QED) is 0.0454. The van der Waals surface area contributed by atoms with E-state index in [1.165, 1.54) is 0 Å². The molecular weight excluding hydrogens is 544 g/mol. The van der Waals surface area contributed by atoms with Gasteiger partial charge in [-0.25, -0.2) is 4.79 Å². The van der Waals surface area contributed by atoms with Crippen molar-refractivity contribution in [2.45, 2.75) is 49.9 Å². The van der Waals surface area contributed by atoms with Crippen LogP contribution in [-0.4, -0.2) is 87.3 Å². The number of fused-ring (bicyclic) bond motifs is 1. The van der Waals surface area contributed by atoms with E-state index in [0.717, 1.165) is 10.9 Å². The minimum Gasteiger partial charge on any atom is -0.481 e. The Bertz CT molecular complexity index is 1250. The number of aliphatic imine (C=N–C) groups is 1. The van der Waals surface area contributed by atoms with E-state index in [0.29, 0.717) is 5.56 Å². The molecule has 4 atom stereocenters.